The first kappa shape index (κ1) is 24.9. The molecule has 0 radical (unpaired) electrons. The number of fused-ring (bicyclic) bond motifs is 1. The third-order valence-corrected chi connectivity index (χ3v) is 5.93. The maximum atomic E-state index is 14.0. The first-order chi connectivity index (χ1) is 16.5. The van der Waals surface area contributed by atoms with Crippen LogP contribution in [0.1, 0.15) is 35.1 Å². The maximum Gasteiger partial charge on any atom is 0.460 e. The minimum atomic E-state index is -6.39. The maximum absolute atomic E-state index is 14.0. The van der Waals surface area contributed by atoms with Crippen LogP contribution in [0.5, 0.6) is 11.5 Å². The largest absolute Gasteiger partial charge is 0.460 e. The first-order valence-electron chi connectivity index (χ1n) is 11.0. The van der Waals surface area contributed by atoms with Crippen LogP contribution in [0.15, 0.2) is 66.7 Å². The Bertz CT molecular complexity index is 1190. The van der Waals surface area contributed by atoms with Crippen LogP contribution in [0.2, 0.25) is 0 Å². The Balaban J connectivity index is 1.45. The van der Waals surface area contributed by atoms with Crippen LogP contribution >= 0.6 is 0 Å². The number of hydrogen-bond donors (Lipinski definition) is 1. The van der Waals surface area contributed by atoms with Gasteiger partial charge in [-0.1, -0.05) is 30.3 Å². The number of ether oxygens (including phenoxy) is 1. The molecule has 0 spiro atoms. The van der Waals surface area contributed by atoms with Crippen LogP contribution in [0.3, 0.4) is 0 Å². The van der Waals surface area contributed by atoms with Gasteiger partial charge in [0, 0.05) is 23.9 Å². The smallest absolute Gasteiger partial charge is 0.457 e. The number of benzene rings is 3. The molecule has 0 fully saturated rings. The predicted octanol–water partition coefficient (Wildman–Crippen LogP) is 8.26. The summed E-state index contributed by atoms with van der Waals surface area (Å²) in [6, 6.07) is 16.3. The van der Waals surface area contributed by atoms with E-state index in [4.69, 9.17) is 4.74 Å². The average molecular weight is 497 g/mol. The number of aryl methyl sites for hydroxylation is 2. The number of hydrogen-bond acceptors (Lipinski definition) is 2. The molecule has 3 aromatic carbocycles. The molecule has 0 saturated heterocycles. The van der Waals surface area contributed by atoms with Gasteiger partial charge in [0.2, 0.25) is 0 Å². The van der Waals surface area contributed by atoms with Crippen molar-refractivity contribution in [1.82, 2.24) is 0 Å². The SMILES string of the molecule is FC(F)(F)C(F)(F)C(F)(F)c1cccc(CNc2cccc(Oc3ccc4c(c3)CCCC4)c2)c1. The molecule has 0 aromatic heterocycles. The Hall–Kier alpha value is -3.23. The third-order valence-electron chi connectivity index (χ3n) is 5.93. The first-order valence-corrected chi connectivity index (χ1v) is 11.0. The van der Waals surface area contributed by atoms with Crippen molar-refractivity contribution in [3.8, 4) is 11.5 Å². The highest BCUT2D eigenvalue weighted by molar-refractivity contribution is 5.50. The molecule has 0 heterocycles. The van der Waals surface area contributed by atoms with Gasteiger partial charge >= 0.3 is 18.0 Å². The van der Waals surface area contributed by atoms with Gasteiger partial charge in [-0.15, -0.1) is 0 Å². The van der Waals surface area contributed by atoms with Crippen molar-refractivity contribution in [3.05, 3.63) is 89.0 Å². The monoisotopic (exact) mass is 497 g/mol. The van der Waals surface area contributed by atoms with Gasteiger partial charge in [0.15, 0.2) is 0 Å². The fraction of sp³-hybridized carbons (Fsp3) is 0.308. The summed E-state index contributed by atoms with van der Waals surface area (Å²) in [5.41, 5.74) is 1.83. The Morgan fingerprint density at radius 1 is 0.714 bits per heavy atom. The Morgan fingerprint density at radius 3 is 2.14 bits per heavy atom. The molecule has 0 atom stereocenters. The zero-order valence-electron chi connectivity index (χ0n) is 18.4. The highest BCUT2D eigenvalue weighted by Gasteiger charge is 2.73. The third kappa shape index (κ3) is 5.23. The summed E-state index contributed by atoms with van der Waals surface area (Å²) < 4.78 is 98.3. The van der Waals surface area contributed by atoms with Crippen LogP contribution in [0.25, 0.3) is 0 Å². The molecular weight excluding hydrogens is 475 g/mol. The average Bonchev–Trinajstić information content (AvgIpc) is 2.82. The summed E-state index contributed by atoms with van der Waals surface area (Å²) in [5, 5.41) is 2.95. The number of nitrogens with one attached hydrogen (secondary N) is 1. The highest BCUT2D eigenvalue weighted by Crippen LogP contribution is 2.51. The van der Waals surface area contributed by atoms with Crippen LogP contribution in [-0.4, -0.2) is 12.1 Å². The van der Waals surface area contributed by atoms with Crippen molar-refractivity contribution < 1.29 is 35.5 Å². The van der Waals surface area contributed by atoms with Gasteiger partial charge < -0.3 is 10.1 Å². The molecule has 0 saturated carbocycles. The number of halogens is 7. The summed E-state index contributed by atoms with van der Waals surface area (Å²) >= 11 is 0. The highest BCUT2D eigenvalue weighted by atomic mass is 19.4. The van der Waals surface area contributed by atoms with Crippen LogP contribution in [0, 0.1) is 0 Å². The Kier molecular flexibility index (Phi) is 6.71. The van der Waals surface area contributed by atoms with Gasteiger partial charge in [-0.25, -0.2) is 0 Å². The molecule has 35 heavy (non-hydrogen) atoms. The second-order valence-electron chi connectivity index (χ2n) is 8.47. The molecule has 1 aliphatic rings. The molecular formula is C26H22F7NO. The van der Waals surface area contributed by atoms with Crippen LogP contribution in [-0.2, 0) is 25.3 Å². The summed E-state index contributed by atoms with van der Waals surface area (Å²) in [6.45, 7) is -0.0796. The summed E-state index contributed by atoms with van der Waals surface area (Å²) in [7, 11) is 0. The van der Waals surface area contributed by atoms with E-state index in [0.717, 1.165) is 25.3 Å². The molecule has 1 N–H and O–H groups in total. The van der Waals surface area contributed by atoms with Crippen molar-refractivity contribution in [1.29, 1.82) is 0 Å². The predicted molar refractivity (Wildman–Crippen MR) is 118 cm³/mol. The molecule has 4 rings (SSSR count). The fourth-order valence-electron chi connectivity index (χ4n) is 4.02. The lowest BCUT2D eigenvalue weighted by molar-refractivity contribution is -0.359. The molecule has 1 aliphatic carbocycles. The van der Waals surface area contributed by atoms with E-state index in [1.807, 2.05) is 12.1 Å². The quantitative estimate of drug-likeness (QED) is 0.332. The number of anilines is 1. The van der Waals surface area contributed by atoms with E-state index in [-0.39, 0.29) is 12.1 Å². The number of rotatable bonds is 7. The Labute approximate surface area is 197 Å². The van der Waals surface area contributed by atoms with Gasteiger partial charge in [0.1, 0.15) is 11.5 Å². The minimum absolute atomic E-state index is 0.0796. The molecule has 2 nitrogen and oxygen atoms in total. The van der Waals surface area contributed by atoms with E-state index >= 15 is 0 Å². The van der Waals surface area contributed by atoms with Crippen LogP contribution < -0.4 is 10.1 Å². The van der Waals surface area contributed by atoms with E-state index in [0.29, 0.717) is 29.3 Å². The molecule has 0 aliphatic heterocycles. The van der Waals surface area contributed by atoms with Crippen molar-refractivity contribution in [2.75, 3.05) is 5.32 Å². The van der Waals surface area contributed by atoms with Crippen molar-refractivity contribution in [2.45, 2.75) is 50.2 Å². The number of alkyl halides is 7. The molecule has 0 unspecified atom stereocenters. The standard InChI is InChI=1S/C26H22F7NO/c27-24(28,25(29,30)26(31,32)33)20-8-3-5-17(13-20)16-34-21-9-4-10-22(15-21)35-23-12-11-18-6-1-2-7-19(18)14-23/h3-5,8-15,34H,1-2,6-7,16H2. The van der Waals surface area contributed by atoms with Crippen LogP contribution in [0.4, 0.5) is 36.4 Å². The van der Waals surface area contributed by atoms with E-state index in [1.165, 1.54) is 23.6 Å². The second kappa shape index (κ2) is 9.43. The fourth-order valence-corrected chi connectivity index (χ4v) is 4.02. The molecule has 0 amide bonds. The second-order valence-corrected chi connectivity index (χ2v) is 8.47. The van der Waals surface area contributed by atoms with Crippen molar-refractivity contribution in [3.63, 3.8) is 0 Å². The van der Waals surface area contributed by atoms with Gasteiger partial charge in [0.05, 0.1) is 0 Å². The molecule has 9 heteroatoms. The lowest BCUT2D eigenvalue weighted by Crippen LogP contribution is -2.50. The molecule has 0 bridgehead atoms. The molecule has 186 valence electrons. The topological polar surface area (TPSA) is 21.3 Å². The zero-order valence-corrected chi connectivity index (χ0v) is 18.4. The summed E-state index contributed by atoms with van der Waals surface area (Å²) in [5.74, 6) is -10.4. The summed E-state index contributed by atoms with van der Waals surface area (Å²) in [6.07, 6.45) is -2.02. The summed E-state index contributed by atoms with van der Waals surface area (Å²) in [4.78, 5) is 0. The van der Waals surface area contributed by atoms with Gasteiger partial charge in [-0.2, -0.15) is 30.7 Å². The normalized spacial score (nSPS) is 14.4. The van der Waals surface area contributed by atoms with E-state index < -0.39 is 23.6 Å². The zero-order chi connectivity index (χ0) is 25.3. The molecule has 3 aromatic rings. The van der Waals surface area contributed by atoms with Gasteiger partial charge in [0.25, 0.3) is 0 Å². The van der Waals surface area contributed by atoms with Gasteiger partial charge in [-0.05, 0) is 72.7 Å². The van der Waals surface area contributed by atoms with E-state index in [2.05, 4.69) is 11.4 Å². The van der Waals surface area contributed by atoms with E-state index in [9.17, 15) is 30.7 Å². The lowest BCUT2D eigenvalue weighted by atomic mass is 9.92. The van der Waals surface area contributed by atoms with Crippen molar-refractivity contribution in [2.24, 2.45) is 0 Å². The van der Waals surface area contributed by atoms with Gasteiger partial charge in [-0.3, -0.25) is 0 Å². The lowest BCUT2D eigenvalue weighted by Gasteiger charge is -2.28. The van der Waals surface area contributed by atoms with E-state index in [1.54, 1.807) is 24.3 Å². The van der Waals surface area contributed by atoms with Crippen molar-refractivity contribution >= 4 is 5.69 Å². The Morgan fingerprint density at radius 2 is 1.40 bits per heavy atom. The minimum Gasteiger partial charge on any atom is -0.457 e.